The molecular weight excluding hydrogens is 190 g/mol. The van der Waals surface area contributed by atoms with Crippen LogP contribution in [0.25, 0.3) is 0 Å². The second kappa shape index (κ2) is 4.81. The van der Waals surface area contributed by atoms with Crippen LogP contribution in [0.1, 0.15) is 39.5 Å². The first-order valence-corrected chi connectivity index (χ1v) is 6.17. The van der Waals surface area contributed by atoms with Gasteiger partial charge in [-0.15, -0.1) is 0 Å². The molecule has 0 amide bonds. The molecule has 0 radical (unpaired) electrons. The maximum atomic E-state index is 5.63. The Labute approximate surface area is 92.5 Å². The summed E-state index contributed by atoms with van der Waals surface area (Å²) in [5.41, 5.74) is 0. The fraction of sp³-hybridized carbons (Fsp3) is 1.00. The van der Waals surface area contributed by atoms with E-state index in [1.807, 2.05) is 13.8 Å². The highest BCUT2D eigenvalue weighted by molar-refractivity contribution is 4.76. The summed E-state index contributed by atoms with van der Waals surface area (Å²) >= 11 is 0. The molecule has 1 aliphatic carbocycles. The summed E-state index contributed by atoms with van der Waals surface area (Å²) in [7, 11) is 0. The van der Waals surface area contributed by atoms with Gasteiger partial charge in [0.15, 0.2) is 5.79 Å². The summed E-state index contributed by atoms with van der Waals surface area (Å²) in [6.07, 6.45) is 5.48. The third kappa shape index (κ3) is 3.44. The van der Waals surface area contributed by atoms with Crippen molar-refractivity contribution < 1.29 is 9.47 Å². The van der Waals surface area contributed by atoms with Crippen molar-refractivity contribution in [2.24, 2.45) is 5.92 Å². The number of hydrogen-bond acceptors (Lipinski definition) is 3. The van der Waals surface area contributed by atoms with Gasteiger partial charge in [-0.1, -0.05) is 12.8 Å². The van der Waals surface area contributed by atoms with Crippen LogP contribution in [0.5, 0.6) is 0 Å². The number of rotatable bonds is 3. The maximum Gasteiger partial charge on any atom is 0.162 e. The van der Waals surface area contributed by atoms with E-state index in [4.69, 9.17) is 9.47 Å². The number of nitrogens with one attached hydrogen (secondary N) is 1. The highest BCUT2D eigenvalue weighted by atomic mass is 16.7. The average molecular weight is 213 g/mol. The minimum Gasteiger partial charge on any atom is -0.350 e. The molecule has 15 heavy (non-hydrogen) atoms. The van der Waals surface area contributed by atoms with E-state index in [1.165, 1.54) is 25.7 Å². The van der Waals surface area contributed by atoms with Gasteiger partial charge in [-0.2, -0.15) is 0 Å². The predicted molar refractivity (Wildman–Crippen MR) is 59.7 cm³/mol. The quantitative estimate of drug-likeness (QED) is 0.777. The maximum absolute atomic E-state index is 5.63. The van der Waals surface area contributed by atoms with E-state index in [1.54, 1.807) is 0 Å². The van der Waals surface area contributed by atoms with Gasteiger partial charge in [0.05, 0.1) is 13.2 Å². The first-order valence-electron chi connectivity index (χ1n) is 6.17. The Kier molecular flexibility index (Phi) is 3.65. The summed E-state index contributed by atoms with van der Waals surface area (Å²) in [5, 5.41) is 3.62. The van der Waals surface area contributed by atoms with Crippen molar-refractivity contribution in [1.82, 2.24) is 5.32 Å². The van der Waals surface area contributed by atoms with Crippen LogP contribution in [0, 0.1) is 5.92 Å². The molecule has 3 heteroatoms. The fourth-order valence-electron chi connectivity index (χ4n) is 2.31. The number of hydrogen-bond donors (Lipinski definition) is 1. The Morgan fingerprint density at radius 3 is 2.33 bits per heavy atom. The standard InChI is InChI=1S/C12H23NO2/c1-12(2)14-8-10(9-15-12)7-13-11-5-3-4-6-11/h10-11,13H,3-9H2,1-2H3. The zero-order valence-electron chi connectivity index (χ0n) is 9.92. The SMILES string of the molecule is CC1(C)OCC(CNC2CCCC2)CO1. The molecule has 2 fully saturated rings. The predicted octanol–water partition coefficient (Wildman–Crippen LogP) is 1.92. The molecule has 0 atom stereocenters. The normalized spacial score (nSPS) is 28.4. The van der Waals surface area contributed by atoms with Crippen molar-refractivity contribution in [1.29, 1.82) is 0 Å². The lowest BCUT2D eigenvalue weighted by atomic mass is 10.1. The van der Waals surface area contributed by atoms with E-state index < -0.39 is 0 Å². The molecule has 1 N–H and O–H groups in total. The molecule has 0 unspecified atom stereocenters. The molecule has 2 rings (SSSR count). The second-order valence-corrected chi connectivity index (χ2v) is 5.28. The highest BCUT2D eigenvalue weighted by Crippen LogP contribution is 2.21. The summed E-state index contributed by atoms with van der Waals surface area (Å²) in [5.74, 6) is 0.155. The van der Waals surface area contributed by atoms with Crippen LogP contribution in [-0.4, -0.2) is 31.6 Å². The van der Waals surface area contributed by atoms with Crippen LogP contribution in [0.15, 0.2) is 0 Å². The third-order valence-corrected chi connectivity index (χ3v) is 3.38. The Bertz CT molecular complexity index is 190. The van der Waals surface area contributed by atoms with Crippen molar-refractivity contribution in [2.75, 3.05) is 19.8 Å². The Balaban J connectivity index is 1.64. The van der Waals surface area contributed by atoms with E-state index in [-0.39, 0.29) is 5.79 Å². The van der Waals surface area contributed by atoms with Crippen LogP contribution in [-0.2, 0) is 9.47 Å². The Hall–Kier alpha value is -0.120. The van der Waals surface area contributed by atoms with E-state index in [0.29, 0.717) is 5.92 Å². The van der Waals surface area contributed by atoms with Gasteiger partial charge in [-0.3, -0.25) is 0 Å². The molecule has 0 aromatic rings. The molecule has 3 nitrogen and oxygen atoms in total. The fourth-order valence-corrected chi connectivity index (χ4v) is 2.31. The van der Waals surface area contributed by atoms with Gasteiger partial charge >= 0.3 is 0 Å². The molecule has 0 bridgehead atoms. The Morgan fingerprint density at radius 2 is 1.73 bits per heavy atom. The second-order valence-electron chi connectivity index (χ2n) is 5.28. The molecule has 1 heterocycles. The summed E-state index contributed by atoms with van der Waals surface area (Å²) in [6, 6.07) is 0.750. The molecule has 0 aromatic heterocycles. The van der Waals surface area contributed by atoms with Crippen LogP contribution in [0.4, 0.5) is 0 Å². The van der Waals surface area contributed by atoms with Gasteiger partial charge in [-0.25, -0.2) is 0 Å². The van der Waals surface area contributed by atoms with Crippen LogP contribution >= 0.6 is 0 Å². The van der Waals surface area contributed by atoms with Crippen molar-refractivity contribution in [3.63, 3.8) is 0 Å². The van der Waals surface area contributed by atoms with E-state index in [2.05, 4.69) is 5.32 Å². The van der Waals surface area contributed by atoms with Gasteiger partial charge in [-0.05, 0) is 26.7 Å². The van der Waals surface area contributed by atoms with Gasteiger partial charge in [0, 0.05) is 18.5 Å². The van der Waals surface area contributed by atoms with Gasteiger partial charge in [0.1, 0.15) is 0 Å². The largest absolute Gasteiger partial charge is 0.350 e. The van der Waals surface area contributed by atoms with Crippen molar-refractivity contribution >= 4 is 0 Å². The van der Waals surface area contributed by atoms with E-state index >= 15 is 0 Å². The minimum absolute atomic E-state index is 0.371. The lowest BCUT2D eigenvalue weighted by molar-refractivity contribution is -0.261. The van der Waals surface area contributed by atoms with Gasteiger partial charge in [0.2, 0.25) is 0 Å². The molecule has 1 saturated carbocycles. The van der Waals surface area contributed by atoms with E-state index in [0.717, 1.165) is 25.8 Å². The van der Waals surface area contributed by atoms with Crippen molar-refractivity contribution in [3.05, 3.63) is 0 Å². The molecular formula is C12H23NO2. The zero-order valence-corrected chi connectivity index (χ0v) is 9.92. The first kappa shape index (κ1) is 11.4. The third-order valence-electron chi connectivity index (χ3n) is 3.38. The van der Waals surface area contributed by atoms with Gasteiger partial charge < -0.3 is 14.8 Å². The Morgan fingerprint density at radius 1 is 1.13 bits per heavy atom. The lowest BCUT2D eigenvalue weighted by Crippen LogP contribution is -2.44. The smallest absolute Gasteiger partial charge is 0.162 e. The monoisotopic (exact) mass is 213 g/mol. The zero-order chi connectivity index (χ0) is 10.7. The minimum atomic E-state index is -0.371. The first-order chi connectivity index (χ1) is 7.16. The van der Waals surface area contributed by atoms with Gasteiger partial charge in [0.25, 0.3) is 0 Å². The molecule has 1 saturated heterocycles. The average Bonchev–Trinajstić information content (AvgIpc) is 2.69. The highest BCUT2D eigenvalue weighted by Gasteiger charge is 2.28. The molecule has 88 valence electrons. The van der Waals surface area contributed by atoms with E-state index in [9.17, 15) is 0 Å². The topological polar surface area (TPSA) is 30.5 Å². The van der Waals surface area contributed by atoms with Crippen molar-refractivity contribution in [3.8, 4) is 0 Å². The van der Waals surface area contributed by atoms with Crippen molar-refractivity contribution in [2.45, 2.75) is 51.4 Å². The summed E-state index contributed by atoms with van der Waals surface area (Å²) < 4.78 is 11.3. The summed E-state index contributed by atoms with van der Waals surface area (Å²) in [6.45, 7) is 6.65. The van der Waals surface area contributed by atoms with Crippen LogP contribution < -0.4 is 5.32 Å². The molecule has 0 aromatic carbocycles. The summed E-state index contributed by atoms with van der Waals surface area (Å²) in [4.78, 5) is 0. The molecule has 1 aliphatic heterocycles. The van der Waals surface area contributed by atoms with Crippen LogP contribution in [0.2, 0.25) is 0 Å². The number of ether oxygens (including phenoxy) is 2. The molecule has 0 spiro atoms. The molecule has 2 aliphatic rings. The lowest BCUT2D eigenvalue weighted by Gasteiger charge is -2.35. The van der Waals surface area contributed by atoms with Crippen LogP contribution in [0.3, 0.4) is 0 Å².